The highest BCUT2D eigenvalue weighted by Gasteiger charge is 2.32. The first-order chi connectivity index (χ1) is 9.11. The molecular formula is C10H12ClFN2O4S2. The van der Waals surface area contributed by atoms with Crippen LogP contribution >= 0.6 is 11.6 Å². The predicted octanol–water partition coefficient (Wildman–Crippen LogP) is 0.527. The zero-order chi connectivity index (χ0) is 15.1. The second-order valence-corrected chi connectivity index (χ2v) is 8.84. The molecule has 1 aliphatic heterocycles. The van der Waals surface area contributed by atoms with E-state index in [1.54, 1.807) is 0 Å². The van der Waals surface area contributed by atoms with Crippen molar-refractivity contribution in [1.29, 1.82) is 0 Å². The summed E-state index contributed by atoms with van der Waals surface area (Å²) in [5, 5.41) is -0.315. The van der Waals surface area contributed by atoms with Gasteiger partial charge >= 0.3 is 0 Å². The molecule has 1 unspecified atom stereocenters. The van der Waals surface area contributed by atoms with Crippen LogP contribution in [0.4, 0.5) is 10.1 Å². The van der Waals surface area contributed by atoms with Crippen LogP contribution in [0.2, 0.25) is 5.02 Å². The Balaban J connectivity index is 2.30. The standard InChI is InChI=1S/C10H12ClFN2O4S2/c11-7-3-8(12)9(13)4-10(7)20(17,18)14-6-1-2-19(15,16)5-6/h3-4,6,14H,1-2,5,13H2. The zero-order valence-electron chi connectivity index (χ0n) is 10.1. The summed E-state index contributed by atoms with van der Waals surface area (Å²) in [6.07, 6.45) is 0.190. The number of rotatable bonds is 3. The van der Waals surface area contributed by atoms with E-state index in [1.807, 2.05) is 0 Å². The summed E-state index contributed by atoms with van der Waals surface area (Å²) in [6.45, 7) is 0. The van der Waals surface area contributed by atoms with Crippen molar-refractivity contribution in [2.45, 2.75) is 17.4 Å². The Morgan fingerprint density at radius 3 is 2.60 bits per heavy atom. The van der Waals surface area contributed by atoms with Gasteiger partial charge in [-0.25, -0.2) is 25.9 Å². The number of benzene rings is 1. The second kappa shape index (κ2) is 5.14. The van der Waals surface area contributed by atoms with Crippen molar-refractivity contribution in [3.8, 4) is 0 Å². The first-order valence-corrected chi connectivity index (χ1v) is 9.26. The number of anilines is 1. The van der Waals surface area contributed by atoms with Crippen LogP contribution in [0.15, 0.2) is 17.0 Å². The molecule has 1 atom stereocenters. The molecule has 0 aromatic heterocycles. The van der Waals surface area contributed by atoms with Gasteiger partial charge in [-0.05, 0) is 18.6 Å². The van der Waals surface area contributed by atoms with Crippen molar-refractivity contribution >= 4 is 37.1 Å². The van der Waals surface area contributed by atoms with E-state index in [9.17, 15) is 21.2 Å². The molecule has 1 fully saturated rings. The Morgan fingerprint density at radius 2 is 2.05 bits per heavy atom. The summed E-state index contributed by atoms with van der Waals surface area (Å²) in [5.74, 6) is -1.16. The van der Waals surface area contributed by atoms with Crippen LogP contribution in [0.1, 0.15) is 6.42 Å². The van der Waals surface area contributed by atoms with E-state index < -0.39 is 31.7 Å². The van der Waals surface area contributed by atoms with Crippen molar-refractivity contribution in [3.05, 3.63) is 23.0 Å². The van der Waals surface area contributed by atoms with Crippen LogP contribution in [0, 0.1) is 5.82 Å². The van der Waals surface area contributed by atoms with Gasteiger partial charge in [0.1, 0.15) is 10.7 Å². The SMILES string of the molecule is Nc1cc(S(=O)(=O)NC2CCS(=O)(=O)C2)c(Cl)cc1F. The third kappa shape index (κ3) is 3.22. The molecule has 0 saturated carbocycles. The molecule has 3 N–H and O–H groups in total. The number of nitrogen functional groups attached to an aromatic ring is 1. The summed E-state index contributed by atoms with van der Waals surface area (Å²) in [5.41, 5.74) is 4.96. The number of nitrogens with one attached hydrogen (secondary N) is 1. The van der Waals surface area contributed by atoms with Crippen LogP contribution in [-0.2, 0) is 19.9 Å². The summed E-state index contributed by atoms with van der Waals surface area (Å²) in [4.78, 5) is -0.373. The number of sulfonamides is 1. The lowest BCUT2D eigenvalue weighted by atomic mass is 10.3. The molecule has 6 nitrogen and oxygen atoms in total. The van der Waals surface area contributed by atoms with Crippen molar-refractivity contribution in [2.75, 3.05) is 17.2 Å². The summed E-state index contributed by atoms with van der Waals surface area (Å²) >= 11 is 5.69. The van der Waals surface area contributed by atoms with Gasteiger partial charge in [-0.3, -0.25) is 0 Å². The van der Waals surface area contributed by atoms with Gasteiger partial charge in [-0.1, -0.05) is 11.6 Å². The van der Waals surface area contributed by atoms with Gasteiger partial charge in [0.2, 0.25) is 10.0 Å². The maximum atomic E-state index is 13.2. The predicted molar refractivity (Wildman–Crippen MR) is 73.2 cm³/mol. The fourth-order valence-corrected chi connectivity index (χ4v) is 5.52. The molecule has 0 spiro atoms. The smallest absolute Gasteiger partial charge is 0.242 e. The molecule has 0 radical (unpaired) electrons. The van der Waals surface area contributed by atoms with Crippen LogP contribution in [0.3, 0.4) is 0 Å². The fraction of sp³-hybridized carbons (Fsp3) is 0.400. The molecule has 1 aliphatic rings. The first-order valence-electron chi connectivity index (χ1n) is 5.58. The lowest BCUT2D eigenvalue weighted by molar-refractivity contribution is 0.562. The minimum atomic E-state index is -4.06. The maximum Gasteiger partial charge on any atom is 0.242 e. The van der Waals surface area contributed by atoms with Crippen molar-refractivity contribution in [3.63, 3.8) is 0 Å². The van der Waals surface area contributed by atoms with Gasteiger partial charge in [0.15, 0.2) is 9.84 Å². The van der Waals surface area contributed by atoms with Crippen molar-refractivity contribution in [2.24, 2.45) is 0 Å². The van der Waals surface area contributed by atoms with Crippen LogP contribution < -0.4 is 10.5 Å². The Bertz CT molecular complexity index is 749. The Hall–Kier alpha value is -0.900. The second-order valence-electron chi connectivity index (χ2n) is 4.53. The van der Waals surface area contributed by atoms with E-state index in [0.29, 0.717) is 0 Å². The molecular weight excluding hydrogens is 331 g/mol. The Morgan fingerprint density at radius 1 is 1.40 bits per heavy atom. The third-order valence-electron chi connectivity index (χ3n) is 2.89. The van der Waals surface area contributed by atoms with Gasteiger partial charge < -0.3 is 5.73 Å². The number of nitrogens with two attached hydrogens (primary N) is 1. The number of hydrogen-bond donors (Lipinski definition) is 2. The molecule has 1 saturated heterocycles. The number of hydrogen-bond acceptors (Lipinski definition) is 5. The molecule has 0 aliphatic carbocycles. The quantitative estimate of drug-likeness (QED) is 0.779. The van der Waals surface area contributed by atoms with Crippen molar-refractivity contribution < 1.29 is 21.2 Å². The topological polar surface area (TPSA) is 106 Å². The van der Waals surface area contributed by atoms with Crippen molar-refractivity contribution in [1.82, 2.24) is 4.72 Å². The van der Waals surface area contributed by atoms with E-state index in [0.717, 1.165) is 12.1 Å². The molecule has 2 rings (SSSR count). The molecule has 0 amide bonds. The maximum absolute atomic E-state index is 13.2. The molecule has 112 valence electrons. The van der Waals surface area contributed by atoms with E-state index in [1.165, 1.54) is 0 Å². The largest absolute Gasteiger partial charge is 0.396 e. The average Bonchev–Trinajstić information content (AvgIpc) is 2.62. The zero-order valence-corrected chi connectivity index (χ0v) is 12.5. The van der Waals surface area contributed by atoms with E-state index in [4.69, 9.17) is 17.3 Å². The third-order valence-corrected chi connectivity index (χ3v) is 6.65. The van der Waals surface area contributed by atoms with E-state index in [-0.39, 0.29) is 33.5 Å². The van der Waals surface area contributed by atoms with Crippen LogP contribution in [0.5, 0.6) is 0 Å². The molecule has 1 heterocycles. The van der Waals surface area contributed by atoms with Crippen LogP contribution in [0.25, 0.3) is 0 Å². The lowest BCUT2D eigenvalue weighted by Crippen LogP contribution is -2.35. The monoisotopic (exact) mass is 342 g/mol. The van der Waals surface area contributed by atoms with Gasteiger partial charge in [-0.2, -0.15) is 0 Å². The normalized spacial score (nSPS) is 22.0. The molecule has 1 aromatic carbocycles. The minimum Gasteiger partial charge on any atom is -0.396 e. The fourth-order valence-electron chi connectivity index (χ4n) is 1.92. The molecule has 20 heavy (non-hydrogen) atoms. The highest BCUT2D eigenvalue weighted by atomic mass is 35.5. The summed E-state index contributed by atoms with van der Waals surface area (Å²) < 4.78 is 62.2. The molecule has 10 heteroatoms. The van der Waals surface area contributed by atoms with Gasteiger partial charge in [0, 0.05) is 6.04 Å². The Labute approximate surface area is 121 Å². The van der Waals surface area contributed by atoms with Gasteiger partial charge in [-0.15, -0.1) is 0 Å². The van der Waals surface area contributed by atoms with Crippen LogP contribution in [-0.4, -0.2) is 34.4 Å². The number of halogens is 2. The minimum absolute atomic E-state index is 0.0700. The molecule has 1 aromatic rings. The average molecular weight is 343 g/mol. The van der Waals surface area contributed by atoms with E-state index in [2.05, 4.69) is 4.72 Å². The van der Waals surface area contributed by atoms with E-state index >= 15 is 0 Å². The molecule has 0 bridgehead atoms. The number of sulfone groups is 1. The summed E-state index contributed by atoms with van der Waals surface area (Å²) in [6, 6.07) is 0.993. The first kappa shape index (κ1) is 15.5. The summed E-state index contributed by atoms with van der Waals surface area (Å²) in [7, 11) is -7.28. The highest BCUT2D eigenvalue weighted by Crippen LogP contribution is 2.27. The lowest BCUT2D eigenvalue weighted by Gasteiger charge is -2.13. The highest BCUT2D eigenvalue weighted by molar-refractivity contribution is 7.92. The Kier molecular flexibility index (Phi) is 3.98. The van der Waals surface area contributed by atoms with Gasteiger partial charge in [0.05, 0.1) is 22.2 Å². The van der Waals surface area contributed by atoms with Gasteiger partial charge in [0.25, 0.3) is 0 Å².